The van der Waals surface area contributed by atoms with Crippen molar-refractivity contribution in [1.82, 2.24) is 0 Å². The van der Waals surface area contributed by atoms with Crippen LogP contribution in [0.2, 0.25) is 0 Å². The van der Waals surface area contributed by atoms with Crippen LogP contribution >= 0.6 is 0 Å². The Labute approximate surface area is 123 Å². The Kier molecular flexibility index (Phi) is 3.40. The van der Waals surface area contributed by atoms with E-state index in [9.17, 15) is 4.79 Å². The number of carbonyl (C=O) groups excluding carboxylic acids is 1. The standard InChI is InChI=1S/C19H28O/c1-11-9-16-17(10-15(11)14(4)20)19(7,8)13(3)12(2)18(16,5)6/h9-10,12-13H,1-8H3/t12-,13-/m0/s1. The van der Waals surface area contributed by atoms with Crippen molar-refractivity contribution in [2.24, 2.45) is 11.8 Å². The van der Waals surface area contributed by atoms with E-state index >= 15 is 0 Å². The normalized spacial score (nSPS) is 27.0. The molecule has 0 saturated heterocycles. The minimum Gasteiger partial charge on any atom is -0.295 e. The molecule has 0 heterocycles. The zero-order chi connectivity index (χ0) is 15.5. The minimum absolute atomic E-state index is 0.113. The van der Waals surface area contributed by atoms with Gasteiger partial charge in [0, 0.05) is 5.56 Å². The van der Waals surface area contributed by atoms with Gasteiger partial charge >= 0.3 is 0 Å². The highest BCUT2D eigenvalue weighted by molar-refractivity contribution is 5.96. The van der Waals surface area contributed by atoms with Crippen LogP contribution < -0.4 is 0 Å². The van der Waals surface area contributed by atoms with Gasteiger partial charge in [0.05, 0.1) is 0 Å². The van der Waals surface area contributed by atoms with E-state index in [4.69, 9.17) is 0 Å². The third kappa shape index (κ3) is 1.94. The van der Waals surface area contributed by atoms with E-state index in [1.165, 1.54) is 11.1 Å². The first-order chi connectivity index (χ1) is 9.01. The highest BCUT2D eigenvalue weighted by atomic mass is 16.1. The zero-order valence-corrected chi connectivity index (χ0v) is 14.2. The predicted octanol–water partition coefficient (Wildman–Crippen LogP) is 5.04. The molecule has 1 aromatic carbocycles. The van der Waals surface area contributed by atoms with Crippen LogP contribution in [0.5, 0.6) is 0 Å². The molecule has 0 N–H and O–H groups in total. The average molecular weight is 272 g/mol. The Morgan fingerprint density at radius 1 is 0.950 bits per heavy atom. The summed E-state index contributed by atoms with van der Waals surface area (Å²) in [6.07, 6.45) is 0. The van der Waals surface area contributed by atoms with Crippen LogP contribution in [-0.2, 0) is 10.8 Å². The predicted molar refractivity (Wildman–Crippen MR) is 85.6 cm³/mol. The van der Waals surface area contributed by atoms with E-state index in [0.29, 0.717) is 11.8 Å². The molecule has 1 aliphatic rings. The Balaban J connectivity index is 2.80. The van der Waals surface area contributed by atoms with Crippen LogP contribution in [0.4, 0.5) is 0 Å². The molecule has 0 spiro atoms. The van der Waals surface area contributed by atoms with E-state index in [0.717, 1.165) is 11.1 Å². The number of hydrogen-bond donors (Lipinski definition) is 0. The van der Waals surface area contributed by atoms with Gasteiger partial charge in [-0.1, -0.05) is 47.6 Å². The molecule has 1 aliphatic carbocycles. The Bertz CT molecular complexity index is 563. The Morgan fingerprint density at radius 3 is 1.75 bits per heavy atom. The van der Waals surface area contributed by atoms with E-state index in [2.05, 4.69) is 60.6 Å². The number of benzene rings is 1. The maximum Gasteiger partial charge on any atom is 0.160 e. The van der Waals surface area contributed by atoms with Gasteiger partial charge < -0.3 is 0 Å². The van der Waals surface area contributed by atoms with Gasteiger partial charge in [0.25, 0.3) is 0 Å². The summed E-state index contributed by atoms with van der Waals surface area (Å²) < 4.78 is 0. The third-order valence-electron chi connectivity index (χ3n) is 6.16. The third-order valence-corrected chi connectivity index (χ3v) is 6.16. The number of carbonyl (C=O) groups is 1. The van der Waals surface area contributed by atoms with Gasteiger partial charge in [0.2, 0.25) is 0 Å². The summed E-state index contributed by atoms with van der Waals surface area (Å²) in [5.74, 6) is 1.38. The highest BCUT2D eigenvalue weighted by Gasteiger charge is 2.47. The molecule has 0 aromatic heterocycles. The lowest BCUT2D eigenvalue weighted by Crippen LogP contribution is -2.47. The molecule has 0 fully saturated rings. The SMILES string of the molecule is CC(=O)c1cc2c(cc1C)C(C)(C)[C@@H](C)[C@H](C)C2(C)C. The Hall–Kier alpha value is -1.11. The fourth-order valence-corrected chi connectivity index (χ4v) is 3.89. The first-order valence-electron chi connectivity index (χ1n) is 7.67. The minimum atomic E-state index is 0.113. The second-order valence-electron chi connectivity index (χ2n) is 7.79. The molecule has 1 nitrogen and oxygen atoms in total. The second kappa shape index (κ2) is 4.44. The summed E-state index contributed by atoms with van der Waals surface area (Å²) in [6.45, 7) is 17.8. The molecule has 110 valence electrons. The number of hydrogen-bond acceptors (Lipinski definition) is 1. The molecule has 0 aliphatic heterocycles. The van der Waals surface area contributed by atoms with E-state index in [1.807, 2.05) is 0 Å². The van der Waals surface area contributed by atoms with Crippen LogP contribution in [-0.4, -0.2) is 5.78 Å². The van der Waals surface area contributed by atoms with Gasteiger partial charge in [-0.3, -0.25) is 4.79 Å². The maximum absolute atomic E-state index is 11.9. The average Bonchev–Trinajstić information content (AvgIpc) is 2.34. The summed E-state index contributed by atoms with van der Waals surface area (Å²) in [7, 11) is 0. The molecular weight excluding hydrogens is 244 g/mol. The lowest BCUT2D eigenvalue weighted by molar-refractivity contribution is 0.101. The van der Waals surface area contributed by atoms with E-state index in [1.54, 1.807) is 6.92 Å². The molecule has 2 atom stereocenters. The highest BCUT2D eigenvalue weighted by Crippen LogP contribution is 2.52. The molecule has 1 aromatic rings. The lowest BCUT2D eigenvalue weighted by Gasteiger charge is -2.51. The first kappa shape index (κ1) is 15.3. The van der Waals surface area contributed by atoms with Crippen molar-refractivity contribution in [3.05, 3.63) is 34.4 Å². The van der Waals surface area contributed by atoms with Gasteiger partial charge in [-0.25, -0.2) is 0 Å². The summed E-state index contributed by atoms with van der Waals surface area (Å²) in [6, 6.07) is 4.42. The quantitative estimate of drug-likeness (QED) is 0.655. The van der Waals surface area contributed by atoms with Crippen LogP contribution in [0.15, 0.2) is 12.1 Å². The number of aryl methyl sites for hydroxylation is 1. The summed E-state index contributed by atoms with van der Waals surface area (Å²) >= 11 is 0. The van der Waals surface area contributed by atoms with Crippen molar-refractivity contribution < 1.29 is 4.79 Å². The topological polar surface area (TPSA) is 17.1 Å². The fraction of sp³-hybridized carbons (Fsp3) is 0.632. The summed E-state index contributed by atoms with van der Waals surface area (Å²) in [4.78, 5) is 11.9. The lowest BCUT2D eigenvalue weighted by atomic mass is 9.53. The molecule has 0 unspecified atom stereocenters. The van der Waals surface area contributed by atoms with Gasteiger partial charge in [-0.15, -0.1) is 0 Å². The van der Waals surface area contributed by atoms with Crippen LogP contribution in [0, 0.1) is 18.8 Å². The van der Waals surface area contributed by atoms with Gasteiger partial charge in [-0.2, -0.15) is 0 Å². The molecule has 1 heteroatoms. The number of rotatable bonds is 1. The summed E-state index contributed by atoms with van der Waals surface area (Å²) in [5.41, 5.74) is 5.06. The fourth-order valence-electron chi connectivity index (χ4n) is 3.89. The molecule has 20 heavy (non-hydrogen) atoms. The van der Waals surface area contributed by atoms with Crippen molar-refractivity contribution in [3.8, 4) is 0 Å². The van der Waals surface area contributed by atoms with Crippen molar-refractivity contribution >= 4 is 5.78 Å². The molecule has 0 bridgehead atoms. The maximum atomic E-state index is 11.9. The van der Waals surface area contributed by atoms with Crippen molar-refractivity contribution in [1.29, 1.82) is 0 Å². The number of ketones is 1. The van der Waals surface area contributed by atoms with Crippen LogP contribution in [0.25, 0.3) is 0 Å². The number of fused-ring (bicyclic) bond motifs is 1. The van der Waals surface area contributed by atoms with Gasteiger partial charge in [0.15, 0.2) is 5.78 Å². The van der Waals surface area contributed by atoms with Crippen molar-refractivity contribution in [2.75, 3.05) is 0 Å². The smallest absolute Gasteiger partial charge is 0.160 e. The molecule has 2 rings (SSSR count). The molecule has 0 radical (unpaired) electrons. The van der Waals surface area contributed by atoms with Gasteiger partial charge in [-0.05, 0) is 59.3 Å². The van der Waals surface area contributed by atoms with E-state index < -0.39 is 0 Å². The summed E-state index contributed by atoms with van der Waals surface area (Å²) in [5, 5.41) is 0. The first-order valence-corrected chi connectivity index (χ1v) is 7.67. The van der Waals surface area contributed by atoms with Crippen molar-refractivity contribution in [2.45, 2.75) is 66.2 Å². The molecule has 0 amide bonds. The molecule has 0 saturated carbocycles. The van der Waals surface area contributed by atoms with Crippen molar-refractivity contribution in [3.63, 3.8) is 0 Å². The van der Waals surface area contributed by atoms with Crippen LogP contribution in [0.3, 0.4) is 0 Å². The van der Waals surface area contributed by atoms with Crippen LogP contribution in [0.1, 0.15) is 75.5 Å². The second-order valence-corrected chi connectivity index (χ2v) is 7.79. The largest absolute Gasteiger partial charge is 0.295 e. The zero-order valence-electron chi connectivity index (χ0n) is 14.2. The molecular formula is C19H28O. The Morgan fingerprint density at radius 2 is 1.35 bits per heavy atom. The van der Waals surface area contributed by atoms with E-state index in [-0.39, 0.29) is 16.6 Å². The monoisotopic (exact) mass is 272 g/mol. The number of Topliss-reactive ketones (excluding diaryl/α,β-unsaturated/α-hetero) is 1. The van der Waals surface area contributed by atoms with Gasteiger partial charge in [0.1, 0.15) is 0 Å².